The van der Waals surface area contributed by atoms with E-state index in [0.29, 0.717) is 5.04 Å². The molecule has 0 bridgehead atoms. The second-order valence-corrected chi connectivity index (χ2v) is 7.27. The Labute approximate surface area is 142 Å². The molecule has 0 saturated heterocycles. The molecule has 2 aromatic carbocycles. The van der Waals surface area contributed by atoms with E-state index >= 15 is 0 Å². The second-order valence-electron chi connectivity index (χ2n) is 5.00. The highest BCUT2D eigenvalue weighted by Gasteiger charge is 2.12. The van der Waals surface area contributed by atoms with Crippen molar-refractivity contribution in [2.45, 2.75) is 18.2 Å². The molecule has 0 aliphatic rings. The lowest BCUT2D eigenvalue weighted by Gasteiger charge is -2.03. The van der Waals surface area contributed by atoms with Crippen molar-refractivity contribution >= 4 is 49.8 Å². The number of anilines is 1. The van der Waals surface area contributed by atoms with Crippen LogP contribution in [0.2, 0.25) is 0 Å². The number of para-hydroxylation sites is 1. The molecule has 3 rings (SSSR count). The lowest BCUT2D eigenvalue weighted by atomic mass is 10.2. The molecule has 0 saturated carbocycles. The standard InChI is InChI=1S/C17H15N3OS2/c1-11-7-9-13(10-8-11)19-20-16(12(2)21)23-17-18-14-5-3-4-6-15(14)22-17/h3-10,19H,1-2H3/b20-16-. The third-order valence-corrected chi connectivity index (χ3v) is 5.27. The SMILES string of the molecule is CC(=O)/C(=N/Nc1ccc(C)cc1)Sc1nc2ccccc2s1. The summed E-state index contributed by atoms with van der Waals surface area (Å²) in [5.41, 5.74) is 5.89. The molecule has 0 aliphatic carbocycles. The molecule has 116 valence electrons. The van der Waals surface area contributed by atoms with Crippen molar-refractivity contribution in [1.82, 2.24) is 4.98 Å². The number of aromatic nitrogens is 1. The number of benzene rings is 2. The fourth-order valence-corrected chi connectivity index (χ4v) is 3.81. The van der Waals surface area contributed by atoms with Crippen molar-refractivity contribution in [1.29, 1.82) is 0 Å². The molecule has 6 heteroatoms. The Balaban J connectivity index is 1.79. The summed E-state index contributed by atoms with van der Waals surface area (Å²) in [6.45, 7) is 3.53. The van der Waals surface area contributed by atoms with Crippen LogP contribution in [-0.4, -0.2) is 15.8 Å². The minimum absolute atomic E-state index is 0.0890. The molecule has 0 unspecified atom stereocenters. The van der Waals surface area contributed by atoms with Crippen molar-refractivity contribution in [3.63, 3.8) is 0 Å². The lowest BCUT2D eigenvalue weighted by molar-refractivity contribution is -0.110. The number of thiazole rings is 1. The molecule has 0 atom stereocenters. The Bertz CT molecular complexity index is 836. The lowest BCUT2D eigenvalue weighted by Crippen LogP contribution is -2.08. The number of thioether (sulfide) groups is 1. The van der Waals surface area contributed by atoms with E-state index in [9.17, 15) is 4.79 Å². The quantitative estimate of drug-likeness (QED) is 0.323. The topological polar surface area (TPSA) is 54.4 Å². The van der Waals surface area contributed by atoms with Gasteiger partial charge in [0.15, 0.2) is 15.2 Å². The highest BCUT2D eigenvalue weighted by atomic mass is 32.2. The van der Waals surface area contributed by atoms with Gasteiger partial charge in [-0.2, -0.15) is 5.10 Å². The number of nitrogens with zero attached hydrogens (tertiary/aromatic N) is 2. The number of ketones is 1. The predicted octanol–water partition coefficient (Wildman–Crippen LogP) is 4.71. The molecule has 0 spiro atoms. The zero-order chi connectivity index (χ0) is 16.2. The molecule has 23 heavy (non-hydrogen) atoms. The number of carbonyl (C=O) groups is 1. The Hall–Kier alpha value is -2.18. The fraction of sp³-hybridized carbons (Fsp3) is 0.118. The van der Waals surface area contributed by atoms with Crippen molar-refractivity contribution in [2.75, 3.05) is 5.43 Å². The smallest absolute Gasteiger partial charge is 0.186 e. The van der Waals surface area contributed by atoms with Crippen LogP contribution in [0.25, 0.3) is 10.2 Å². The van der Waals surface area contributed by atoms with Crippen LogP contribution in [0, 0.1) is 6.92 Å². The zero-order valence-corrected chi connectivity index (χ0v) is 14.4. The van der Waals surface area contributed by atoms with E-state index in [1.54, 1.807) is 11.3 Å². The van der Waals surface area contributed by atoms with Gasteiger partial charge in [-0.05, 0) is 43.0 Å². The third-order valence-electron chi connectivity index (χ3n) is 3.10. The molecule has 0 radical (unpaired) electrons. The molecule has 4 nitrogen and oxygen atoms in total. The summed E-state index contributed by atoms with van der Waals surface area (Å²) in [4.78, 5) is 16.3. The van der Waals surface area contributed by atoms with Crippen molar-refractivity contribution in [3.8, 4) is 0 Å². The van der Waals surface area contributed by atoms with Gasteiger partial charge >= 0.3 is 0 Å². The molecule has 0 fully saturated rings. The van der Waals surface area contributed by atoms with Crippen LogP contribution in [-0.2, 0) is 4.79 Å². The van der Waals surface area contributed by atoms with Crippen LogP contribution in [0.3, 0.4) is 0 Å². The van der Waals surface area contributed by atoms with Gasteiger partial charge in [-0.25, -0.2) is 4.98 Å². The van der Waals surface area contributed by atoms with Gasteiger partial charge in [0.25, 0.3) is 0 Å². The van der Waals surface area contributed by atoms with E-state index in [2.05, 4.69) is 15.5 Å². The Morgan fingerprint density at radius 1 is 1.17 bits per heavy atom. The summed E-state index contributed by atoms with van der Waals surface area (Å²) in [6.07, 6.45) is 0. The zero-order valence-electron chi connectivity index (χ0n) is 12.7. The molecule has 0 amide bonds. The van der Waals surface area contributed by atoms with E-state index in [1.807, 2.05) is 55.5 Å². The minimum atomic E-state index is -0.0890. The van der Waals surface area contributed by atoms with Gasteiger partial charge in [0.05, 0.1) is 15.9 Å². The summed E-state index contributed by atoms with van der Waals surface area (Å²) in [7, 11) is 0. The van der Waals surface area contributed by atoms with Crippen molar-refractivity contribution < 1.29 is 4.79 Å². The third kappa shape index (κ3) is 3.97. The number of aryl methyl sites for hydroxylation is 1. The number of hydrazone groups is 1. The van der Waals surface area contributed by atoms with Gasteiger partial charge < -0.3 is 0 Å². The summed E-state index contributed by atoms with van der Waals surface area (Å²) < 4.78 is 1.91. The van der Waals surface area contributed by atoms with Crippen LogP contribution in [0.4, 0.5) is 5.69 Å². The van der Waals surface area contributed by atoms with Gasteiger partial charge in [-0.1, -0.05) is 29.8 Å². The largest absolute Gasteiger partial charge is 0.292 e. The Morgan fingerprint density at radius 2 is 1.91 bits per heavy atom. The highest BCUT2D eigenvalue weighted by molar-refractivity contribution is 8.17. The first-order valence-corrected chi connectivity index (χ1v) is 8.70. The maximum absolute atomic E-state index is 11.8. The number of rotatable bonds is 4. The van der Waals surface area contributed by atoms with Crippen LogP contribution >= 0.6 is 23.1 Å². The first kappa shape index (κ1) is 15.7. The number of hydrogen-bond donors (Lipinski definition) is 1. The molecule has 1 N–H and O–H groups in total. The van der Waals surface area contributed by atoms with Crippen molar-refractivity contribution in [3.05, 3.63) is 54.1 Å². The number of nitrogens with one attached hydrogen (secondary N) is 1. The van der Waals surface area contributed by atoms with Crippen LogP contribution in [0.15, 0.2) is 58.0 Å². The fourth-order valence-electron chi connectivity index (χ4n) is 1.89. The van der Waals surface area contributed by atoms with E-state index in [1.165, 1.54) is 24.2 Å². The summed E-state index contributed by atoms with van der Waals surface area (Å²) in [5, 5.41) is 4.63. The second kappa shape index (κ2) is 6.93. The highest BCUT2D eigenvalue weighted by Crippen LogP contribution is 2.30. The summed E-state index contributed by atoms with van der Waals surface area (Å²) in [5.74, 6) is -0.0890. The maximum Gasteiger partial charge on any atom is 0.186 e. The molecular formula is C17H15N3OS2. The predicted molar refractivity (Wildman–Crippen MR) is 98.4 cm³/mol. The molecular weight excluding hydrogens is 326 g/mol. The van der Waals surface area contributed by atoms with E-state index in [-0.39, 0.29) is 5.78 Å². The molecule has 1 aromatic heterocycles. The normalized spacial score (nSPS) is 11.7. The van der Waals surface area contributed by atoms with E-state index in [4.69, 9.17) is 0 Å². The Kier molecular flexibility index (Phi) is 4.73. The Morgan fingerprint density at radius 3 is 2.61 bits per heavy atom. The van der Waals surface area contributed by atoms with Crippen LogP contribution < -0.4 is 5.43 Å². The summed E-state index contributed by atoms with van der Waals surface area (Å²) >= 11 is 2.85. The molecule has 3 aromatic rings. The monoisotopic (exact) mass is 341 g/mol. The van der Waals surface area contributed by atoms with E-state index in [0.717, 1.165) is 20.2 Å². The first-order chi connectivity index (χ1) is 11.1. The van der Waals surface area contributed by atoms with Crippen LogP contribution in [0.1, 0.15) is 12.5 Å². The van der Waals surface area contributed by atoms with Gasteiger partial charge in [0.2, 0.25) is 0 Å². The average molecular weight is 341 g/mol. The van der Waals surface area contributed by atoms with Gasteiger partial charge in [-0.15, -0.1) is 11.3 Å². The van der Waals surface area contributed by atoms with E-state index < -0.39 is 0 Å². The first-order valence-electron chi connectivity index (χ1n) is 7.06. The molecule has 1 heterocycles. The van der Waals surface area contributed by atoms with Gasteiger partial charge in [0.1, 0.15) is 0 Å². The minimum Gasteiger partial charge on any atom is -0.292 e. The number of Topliss-reactive ketones (excluding diaryl/α,β-unsaturated/α-hetero) is 1. The van der Waals surface area contributed by atoms with Gasteiger partial charge in [0, 0.05) is 6.92 Å². The number of fused-ring (bicyclic) bond motifs is 1. The van der Waals surface area contributed by atoms with Crippen molar-refractivity contribution in [2.24, 2.45) is 5.10 Å². The van der Waals surface area contributed by atoms with Gasteiger partial charge in [-0.3, -0.25) is 10.2 Å². The maximum atomic E-state index is 11.8. The van der Waals surface area contributed by atoms with Crippen LogP contribution in [0.5, 0.6) is 0 Å². The molecule has 0 aliphatic heterocycles. The average Bonchev–Trinajstić information content (AvgIpc) is 2.95. The number of carbonyl (C=O) groups excluding carboxylic acids is 1. The number of hydrogen-bond acceptors (Lipinski definition) is 6. The summed E-state index contributed by atoms with van der Waals surface area (Å²) in [6, 6.07) is 15.8.